The zero-order valence-corrected chi connectivity index (χ0v) is 11.1. The predicted molar refractivity (Wildman–Crippen MR) is 67.8 cm³/mol. The van der Waals surface area contributed by atoms with Crippen molar-refractivity contribution < 1.29 is 13.2 Å². The van der Waals surface area contributed by atoms with Crippen molar-refractivity contribution in [2.24, 2.45) is 5.92 Å². The molecule has 0 spiro atoms. The van der Waals surface area contributed by atoms with E-state index in [4.69, 9.17) is 0 Å². The fourth-order valence-electron chi connectivity index (χ4n) is 1.91. The minimum atomic E-state index is -3.54. The highest BCUT2D eigenvalue weighted by Crippen LogP contribution is 2.28. The number of carbonyl (C=O) groups excluding carboxylic acids is 1. The number of amides is 1. The van der Waals surface area contributed by atoms with Crippen LogP contribution >= 0.6 is 0 Å². The summed E-state index contributed by atoms with van der Waals surface area (Å²) in [5.41, 5.74) is 2.50. The van der Waals surface area contributed by atoms with Crippen molar-refractivity contribution in [3.63, 3.8) is 0 Å². The van der Waals surface area contributed by atoms with E-state index in [9.17, 15) is 13.2 Å². The second kappa shape index (κ2) is 5.49. The topological polar surface area (TPSA) is 63.2 Å². The van der Waals surface area contributed by atoms with Crippen LogP contribution in [0.5, 0.6) is 0 Å². The molecule has 0 saturated carbocycles. The van der Waals surface area contributed by atoms with Crippen LogP contribution < -0.4 is 4.72 Å². The summed E-state index contributed by atoms with van der Waals surface area (Å²) in [6.07, 6.45) is 3.51. The van der Waals surface area contributed by atoms with Gasteiger partial charge >= 0.3 is 0 Å². The molecule has 0 saturated heterocycles. The zero-order valence-electron chi connectivity index (χ0n) is 10.3. The summed E-state index contributed by atoms with van der Waals surface area (Å²) in [5, 5.41) is 0. The highest BCUT2D eigenvalue weighted by molar-refractivity contribution is 7.90. The Hall–Kier alpha value is -1.10. The average Bonchev–Trinajstić information content (AvgIpc) is 2.21. The lowest BCUT2D eigenvalue weighted by Gasteiger charge is -2.23. The van der Waals surface area contributed by atoms with Crippen molar-refractivity contribution in [3.8, 4) is 0 Å². The Balaban J connectivity index is 2.65. The zero-order chi connectivity index (χ0) is 13.1. The average molecular weight is 257 g/mol. The molecule has 0 fully saturated rings. The quantitative estimate of drug-likeness (QED) is 0.780. The third-order valence-corrected chi connectivity index (χ3v) is 4.30. The molecule has 5 heteroatoms. The lowest BCUT2D eigenvalue weighted by atomic mass is 9.85. The maximum Gasteiger partial charge on any atom is 0.238 e. The molecule has 0 radical (unpaired) electrons. The number of allylic oxidation sites excluding steroid dienone is 2. The highest BCUT2D eigenvalue weighted by Gasteiger charge is 2.25. The summed E-state index contributed by atoms with van der Waals surface area (Å²) < 4.78 is 24.9. The lowest BCUT2D eigenvalue weighted by molar-refractivity contribution is -0.123. The Kier molecular flexibility index (Phi) is 4.51. The Morgan fingerprint density at radius 3 is 2.65 bits per heavy atom. The van der Waals surface area contributed by atoms with Gasteiger partial charge < -0.3 is 0 Å². The highest BCUT2D eigenvalue weighted by atomic mass is 32.2. The van der Waals surface area contributed by atoms with Crippen molar-refractivity contribution >= 4 is 15.9 Å². The Bertz CT molecular complexity index is 448. The van der Waals surface area contributed by atoms with E-state index in [2.05, 4.69) is 18.2 Å². The first-order valence-electron chi connectivity index (χ1n) is 5.66. The maximum absolute atomic E-state index is 11.8. The van der Waals surface area contributed by atoms with Gasteiger partial charge in [0, 0.05) is 5.92 Å². The molecule has 0 aliphatic heterocycles. The fourth-order valence-corrected chi connectivity index (χ4v) is 2.77. The van der Waals surface area contributed by atoms with Gasteiger partial charge in [-0.25, -0.2) is 8.42 Å². The smallest absolute Gasteiger partial charge is 0.238 e. The van der Waals surface area contributed by atoms with E-state index in [1.807, 2.05) is 6.92 Å². The van der Waals surface area contributed by atoms with E-state index >= 15 is 0 Å². The molecule has 1 N–H and O–H groups in total. The van der Waals surface area contributed by atoms with Crippen molar-refractivity contribution in [3.05, 3.63) is 23.8 Å². The molecule has 0 aromatic rings. The van der Waals surface area contributed by atoms with Crippen LogP contribution in [0, 0.1) is 5.92 Å². The molecule has 0 bridgehead atoms. The van der Waals surface area contributed by atoms with Crippen LogP contribution in [0.2, 0.25) is 0 Å². The molecule has 1 atom stereocenters. The van der Waals surface area contributed by atoms with Gasteiger partial charge in [0.1, 0.15) is 0 Å². The lowest BCUT2D eigenvalue weighted by Crippen LogP contribution is -2.37. The molecular formula is C12H19NO3S. The van der Waals surface area contributed by atoms with Crippen LogP contribution in [0.15, 0.2) is 23.8 Å². The largest absolute Gasteiger partial charge is 0.274 e. The second-order valence-corrected chi connectivity index (χ2v) is 6.30. The molecule has 0 heterocycles. The monoisotopic (exact) mass is 257 g/mol. The molecule has 17 heavy (non-hydrogen) atoms. The van der Waals surface area contributed by atoms with Crippen LogP contribution in [0.4, 0.5) is 0 Å². The molecule has 96 valence electrons. The van der Waals surface area contributed by atoms with Crippen LogP contribution in [-0.4, -0.2) is 20.1 Å². The predicted octanol–water partition coefficient (Wildman–Crippen LogP) is 1.75. The van der Waals surface area contributed by atoms with E-state index < -0.39 is 15.9 Å². The molecule has 1 aliphatic rings. The van der Waals surface area contributed by atoms with E-state index in [1.54, 1.807) is 0 Å². The normalized spacial score (nSPS) is 21.2. The fraction of sp³-hybridized carbons (Fsp3) is 0.583. The standard InChI is InChI=1S/C12H19NO3S/c1-4-7-17(15,16)13-12(14)11-6-5-9(2)10(3)8-11/h4,11H,1,5-8H2,2-3H3,(H,13,14). The van der Waals surface area contributed by atoms with Gasteiger partial charge in [0.25, 0.3) is 0 Å². The van der Waals surface area contributed by atoms with Gasteiger partial charge in [-0.15, -0.1) is 6.58 Å². The third-order valence-electron chi connectivity index (χ3n) is 3.11. The summed E-state index contributed by atoms with van der Waals surface area (Å²) in [6.45, 7) is 7.40. The SMILES string of the molecule is C=CCS(=O)(=O)NC(=O)C1CCC(C)=C(C)C1. The van der Waals surface area contributed by atoms with Crippen molar-refractivity contribution in [2.45, 2.75) is 33.1 Å². The van der Waals surface area contributed by atoms with Crippen molar-refractivity contribution in [1.29, 1.82) is 0 Å². The Labute approximate surface area is 103 Å². The number of carbonyl (C=O) groups is 1. The first-order chi connectivity index (χ1) is 7.85. The number of rotatable bonds is 4. The number of hydrogen-bond acceptors (Lipinski definition) is 3. The number of sulfonamides is 1. The van der Waals surface area contributed by atoms with Gasteiger partial charge in [0.05, 0.1) is 5.75 Å². The molecule has 0 aromatic carbocycles. The summed E-state index contributed by atoms with van der Waals surface area (Å²) in [4.78, 5) is 11.8. The Morgan fingerprint density at radius 1 is 1.47 bits per heavy atom. The second-order valence-electron chi connectivity index (χ2n) is 4.54. The summed E-state index contributed by atoms with van der Waals surface area (Å²) in [5.74, 6) is -0.837. The Morgan fingerprint density at radius 2 is 2.12 bits per heavy atom. The van der Waals surface area contributed by atoms with Crippen LogP contribution in [0.1, 0.15) is 33.1 Å². The van der Waals surface area contributed by atoms with E-state index in [0.717, 1.165) is 12.8 Å². The van der Waals surface area contributed by atoms with Crippen LogP contribution in [0.3, 0.4) is 0 Å². The van der Waals surface area contributed by atoms with Gasteiger partial charge in [0.15, 0.2) is 0 Å². The molecule has 1 unspecified atom stereocenters. The van der Waals surface area contributed by atoms with Gasteiger partial charge in [-0.1, -0.05) is 17.2 Å². The van der Waals surface area contributed by atoms with Crippen LogP contribution in [0.25, 0.3) is 0 Å². The van der Waals surface area contributed by atoms with Crippen LogP contribution in [-0.2, 0) is 14.8 Å². The summed E-state index contributed by atoms with van der Waals surface area (Å²) in [7, 11) is -3.54. The molecule has 4 nitrogen and oxygen atoms in total. The molecular weight excluding hydrogens is 238 g/mol. The maximum atomic E-state index is 11.8. The van der Waals surface area contributed by atoms with Gasteiger partial charge in [-0.05, 0) is 33.1 Å². The van der Waals surface area contributed by atoms with Crippen molar-refractivity contribution in [1.82, 2.24) is 4.72 Å². The van der Waals surface area contributed by atoms with E-state index in [-0.39, 0.29) is 11.7 Å². The molecule has 1 aliphatic carbocycles. The number of hydrogen-bond donors (Lipinski definition) is 1. The first kappa shape index (κ1) is 14.0. The van der Waals surface area contributed by atoms with Gasteiger partial charge in [-0.2, -0.15) is 0 Å². The number of nitrogens with one attached hydrogen (secondary N) is 1. The minimum absolute atomic E-state index is 0.223. The van der Waals surface area contributed by atoms with E-state index in [1.165, 1.54) is 17.2 Å². The first-order valence-corrected chi connectivity index (χ1v) is 7.31. The van der Waals surface area contributed by atoms with Gasteiger partial charge in [-0.3, -0.25) is 9.52 Å². The summed E-state index contributed by atoms with van der Waals surface area (Å²) in [6, 6.07) is 0. The molecule has 1 amide bonds. The third kappa shape index (κ3) is 4.00. The van der Waals surface area contributed by atoms with Gasteiger partial charge in [0.2, 0.25) is 15.9 Å². The van der Waals surface area contributed by atoms with E-state index in [0.29, 0.717) is 6.42 Å². The minimum Gasteiger partial charge on any atom is -0.274 e. The van der Waals surface area contributed by atoms with Crippen molar-refractivity contribution in [2.75, 3.05) is 5.75 Å². The molecule has 1 rings (SSSR count). The summed E-state index contributed by atoms with van der Waals surface area (Å²) >= 11 is 0. The molecule has 0 aromatic heterocycles.